The molecule has 0 atom stereocenters. The van der Waals surface area contributed by atoms with E-state index in [1.807, 2.05) is 12.3 Å². The number of rotatable bonds is 2. The second kappa shape index (κ2) is 3.65. The third-order valence-corrected chi connectivity index (χ3v) is 1.28. The highest BCUT2D eigenvalue weighted by Gasteiger charge is 1.97. The molecule has 4 nitrogen and oxygen atoms in total. The van der Waals surface area contributed by atoms with Gasteiger partial charge in [-0.15, -0.1) is 0 Å². The molecule has 2 N–H and O–H groups in total. The number of ether oxygens (including phenoxy) is 1. The number of hydrogen-bond acceptors (Lipinski definition) is 2. The minimum atomic E-state index is -0.411. The summed E-state index contributed by atoms with van der Waals surface area (Å²) >= 11 is 0. The summed E-state index contributed by atoms with van der Waals surface area (Å²) in [5, 5.41) is 2.55. The van der Waals surface area contributed by atoms with Crippen LogP contribution in [0, 0.1) is 0 Å². The molecule has 11 heavy (non-hydrogen) atoms. The number of amides is 1. The van der Waals surface area contributed by atoms with Crippen LogP contribution in [0.5, 0.6) is 0 Å². The predicted molar refractivity (Wildman–Crippen MR) is 40.0 cm³/mol. The van der Waals surface area contributed by atoms with E-state index < -0.39 is 6.09 Å². The molecule has 0 unspecified atom stereocenters. The van der Waals surface area contributed by atoms with E-state index in [0.29, 0.717) is 6.54 Å². The first kappa shape index (κ1) is 7.65. The number of nitrogens with one attached hydrogen (secondary N) is 2. The van der Waals surface area contributed by atoms with Crippen molar-refractivity contribution >= 4 is 6.09 Å². The molecule has 4 heteroatoms. The van der Waals surface area contributed by atoms with Gasteiger partial charge in [0.15, 0.2) is 0 Å². The Morgan fingerprint density at radius 3 is 3.18 bits per heavy atom. The van der Waals surface area contributed by atoms with Gasteiger partial charge in [-0.05, 0) is 11.6 Å². The Labute approximate surface area is 64.6 Å². The first-order valence-corrected chi connectivity index (χ1v) is 3.26. The predicted octanol–water partition coefficient (Wildman–Crippen LogP) is 0.871. The van der Waals surface area contributed by atoms with Gasteiger partial charge in [-0.3, -0.25) is 0 Å². The van der Waals surface area contributed by atoms with Gasteiger partial charge in [0, 0.05) is 18.9 Å². The summed E-state index contributed by atoms with van der Waals surface area (Å²) < 4.78 is 4.39. The molecule has 0 saturated carbocycles. The zero-order chi connectivity index (χ0) is 8.10. The standard InChI is InChI=1S/C7H10N2O2/c1-11-7(10)9-5-6-2-3-8-4-6/h2-4,8H,5H2,1H3,(H,9,10). The Morgan fingerprint density at radius 1 is 1.82 bits per heavy atom. The molecule has 0 aliphatic heterocycles. The second-order valence-corrected chi connectivity index (χ2v) is 2.06. The molecular weight excluding hydrogens is 144 g/mol. The largest absolute Gasteiger partial charge is 0.453 e. The van der Waals surface area contributed by atoms with Gasteiger partial charge >= 0.3 is 6.09 Å². The van der Waals surface area contributed by atoms with Gasteiger partial charge in [0.1, 0.15) is 0 Å². The highest BCUT2D eigenvalue weighted by atomic mass is 16.5. The summed E-state index contributed by atoms with van der Waals surface area (Å²) in [6.45, 7) is 0.496. The molecule has 0 aliphatic carbocycles. The maximum absolute atomic E-state index is 10.6. The number of H-pyrrole nitrogens is 1. The van der Waals surface area contributed by atoms with Crippen LogP contribution in [0.1, 0.15) is 5.56 Å². The molecule has 1 rings (SSSR count). The number of aromatic amines is 1. The zero-order valence-electron chi connectivity index (χ0n) is 6.26. The normalized spacial score (nSPS) is 9.18. The maximum atomic E-state index is 10.6. The van der Waals surface area contributed by atoms with E-state index in [1.54, 1.807) is 6.20 Å². The van der Waals surface area contributed by atoms with Crippen LogP contribution < -0.4 is 5.32 Å². The number of carbonyl (C=O) groups is 1. The van der Waals surface area contributed by atoms with Crippen molar-refractivity contribution in [2.24, 2.45) is 0 Å². The second-order valence-electron chi connectivity index (χ2n) is 2.06. The van der Waals surface area contributed by atoms with E-state index in [1.165, 1.54) is 7.11 Å². The average molecular weight is 154 g/mol. The lowest BCUT2D eigenvalue weighted by Crippen LogP contribution is -2.21. The molecule has 0 radical (unpaired) electrons. The van der Waals surface area contributed by atoms with Crippen molar-refractivity contribution in [1.82, 2.24) is 10.3 Å². The molecule has 60 valence electrons. The van der Waals surface area contributed by atoms with Crippen molar-refractivity contribution in [3.8, 4) is 0 Å². The van der Waals surface area contributed by atoms with Crippen molar-refractivity contribution in [3.05, 3.63) is 24.0 Å². The van der Waals surface area contributed by atoms with Crippen LogP contribution in [0.2, 0.25) is 0 Å². The van der Waals surface area contributed by atoms with E-state index in [9.17, 15) is 4.79 Å². The lowest BCUT2D eigenvalue weighted by atomic mass is 10.3. The van der Waals surface area contributed by atoms with Gasteiger partial charge in [0.2, 0.25) is 0 Å². The molecule has 1 aromatic rings. The molecule has 0 aromatic carbocycles. The minimum Gasteiger partial charge on any atom is -0.453 e. The third-order valence-electron chi connectivity index (χ3n) is 1.28. The van der Waals surface area contributed by atoms with E-state index >= 15 is 0 Å². The van der Waals surface area contributed by atoms with Crippen molar-refractivity contribution in [1.29, 1.82) is 0 Å². The molecule has 1 aromatic heterocycles. The van der Waals surface area contributed by atoms with Crippen LogP contribution in [0.4, 0.5) is 4.79 Å². The lowest BCUT2D eigenvalue weighted by molar-refractivity contribution is 0.170. The van der Waals surface area contributed by atoms with E-state index in [4.69, 9.17) is 0 Å². The summed E-state index contributed by atoms with van der Waals surface area (Å²) in [5.74, 6) is 0. The van der Waals surface area contributed by atoms with Crippen molar-refractivity contribution in [3.63, 3.8) is 0 Å². The maximum Gasteiger partial charge on any atom is 0.407 e. The molecular formula is C7H10N2O2. The summed E-state index contributed by atoms with van der Waals surface area (Å²) in [6, 6.07) is 1.88. The van der Waals surface area contributed by atoms with Crippen molar-refractivity contribution in [2.45, 2.75) is 6.54 Å². The zero-order valence-corrected chi connectivity index (χ0v) is 6.26. The SMILES string of the molecule is COC(=O)NCc1cc[nH]c1. The summed E-state index contributed by atoms with van der Waals surface area (Å²) in [6.07, 6.45) is 3.20. The highest BCUT2D eigenvalue weighted by Crippen LogP contribution is 1.94. The fourth-order valence-corrected chi connectivity index (χ4v) is 0.715. The number of carbonyl (C=O) groups excluding carboxylic acids is 1. The Kier molecular flexibility index (Phi) is 2.54. The molecule has 0 fully saturated rings. The monoisotopic (exact) mass is 154 g/mol. The smallest absolute Gasteiger partial charge is 0.407 e. The van der Waals surface area contributed by atoms with Gasteiger partial charge in [-0.25, -0.2) is 4.79 Å². The Bertz CT molecular complexity index is 218. The van der Waals surface area contributed by atoms with Crippen molar-refractivity contribution < 1.29 is 9.53 Å². The number of aromatic nitrogens is 1. The number of methoxy groups -OCH3 is 1. The Morgan fingerprint density at radius 2 is 2.64 bits per heavy atom. The molecule has 0 bridgehead atoms. The van der Waals surface area contributed by atoms with Gasteiger partial charge in [0.05, 0.1) is 7.11 Å². The van der Waals surface area contributed by atoms with Crippen LogP contribution in [0.15, 0.2) is 18.5 Å². The molecule has 0 aliphatic rings. The van der Waals surface area contributed by atoms with Crippen LogP contribution in [0.25, 0.3) is 0 Å². The molecule has 0 spiro atoms. The van der Waals surface area contributed by atoms with Crippen LogP contribution in [-0.2, 0) is 11.3 Å². The fraction of sp³-hybridized carbons (Fsp3) is 0.286. The first-order chi connectivity index (χ1) is 5.33. The molecule has 1 heterocycles. The van der Waals surface area contributed by atoms with Gasteiger partial charge < -0.3 is 15.0 Å². The van der Waals surface area contributed by atoms with Gasteiger partial charge in [-0.1, -0.05) is 0 Å². The van der Waals surface area contributed by atoms with E-state index in [2.05, 4.69) is 15.0 Å². The molecule has 0 saturated heterocycles. The van der Waals surface area contributed by atoms with Crippen molar-refractivity contribution in [2.75, 3.05) is 7.11 Å². The fourth-order valence-electron chi connectivity index (χ4n) is 0.715. The Balaban J connectivity index is 2.29. The summed E-state index contributed by atoms with van der Waals surface area (Å²) in [7, 11) is 1.34. The van der Waals surface area contributed by atoms with E-state index in [0.717, 1.165) is 5.56 Å². The minimum absolute atomic E-state index is 0.411. The van der Waals surface area contributed by atoms with E-state index in [-0.39, 0.29) is 0 Å². The topological polar surface area (TPSA) is 54.1 Å². The average Bonchev–Trinajstić information content (AvgIpc) is 2.52. The van der Waals surface area contributed by atoms with Crippen LogP contribution in [0.3, 0.4) is 0 Å². The van der Waals surface area contributed by atoms with Crippen LogP contribution in [-0.4, -0.2) is 18.2 Å². The van der Waals surface area contributed by atoms with Gasteiger partial charge in [0.25, 0.3) is 0 Å². The number of alkyl carbamates (subject to hydrolysis) is 1. The third kappa shape index (κ3) is 2.33. The molecule has 1 amide bonds. The first-order valence-electron chi connectivity index (χ1n) is 3.26. The summed E-state index contributed by atoms with van der Waals surface area (Å²) in [5.41, 5.74) is 1.02. The summed E-state index contributed by atoms with van der Waals surface area (Å²) in [4.78, 5) is 13.4. The van der Waals surface area contributed by atoms with Crippen LogP contribution >= 0.6 is 0 Å². The lowest BCUT2D eigenvalue weighted by Gasteiger charge is -1.99. The highest BCUT2D eigenvalue weighted by molar-refractivity contribution is 5.66. The Hall–Kier alpha value is -1.45. The quantitative estimate of drug-likeness (QED) is 0.664. The van der Waals surface area contributed by atoms with Gasteiger partial charge in [-0.2, -0.15) is 0 Å². The number of hydrogen-bond donors (Lipinski definition) is 2.